The lowest BCUT2D eigenvalue weighted by molar-refractivity contribution is 0.102. The summed E-state index contributed by atoms with van der Waals surface area (Å²) in [6, 6.07) is 13.1. The van der Waals surface area contributed by atoms with Gasteiger partial charge in [0.25, 0.3) is 15.9 Å². The third-order valence-electron chi connectivity index (χ3n) is 4.30. The highest BCUT2D eigenvalue weighted by Crippen LogP contribution is 2.20. The number of hydrogen-bond donors (Lipinski definition) is 2. The minimum Gasteiger partial charge on any atom is -0.363 e. The van der Waals surface area contributed by atoms with Crippen LogP contribution < -0.4 is 14.9 Å². The Morgan fingerprint density at radius 2 is 1.67 bits per heavy atom. The van der Waals surface area contributed by atoms with Gasteiger partial charge in [-0.1, -0.05) is 0 Å². The van der Waals surface area contributed by atoms with E-state index in [1.54, 1.807) is 18.3 Å². The zero-order valence-electron chi connectivity index (χ0n) is 16.7. The molecule has 0 spiro atoms. The van der Waals surface area contributed by atoms with Gasteiger partial charge in [-0.05, 0) is 67.1 Å². The Morgan fingerprint density at radius 1 is 1.00 bits per heavy atom. The molecular formula is C21H21FN4O3S. The first-order valence-electron chi connectivity index (χ1n) is 8.99. The Balaban J connectivity index is 1.69. The van der Waals surface area contributed by atoms with Crippen molar-refractivity contribution in [3.8, 4) is 0 Å². The van der Waals surface area contributed by atoms with Crippen molar-refractivity contribution in [2.45, 2.75) is 11.8 Å². The van der Waals surface area contributed by atoms with Crippen LogP contribution in [0.4, 0.5) is 21.6 Å². The van der Waals surface area contributed by atoms with Crippen LogP contribution in [0.5, 0.6) is 0 Å². The van der Waals surface area contributed by atoms with E-state index in [0.717, 1.165) is 11.9 Å². The molecule has 1 heterocycles. The van der Waals surface area contributed by atoms with E-state index >= 15 is 0 Å². The first-order valence-corrected chi connectivity index (χ1v) is 10.5. The van der Waals surface area contributed by atoms with Crippen LogP contribution in [0.2, 0.25) is 0 Å². The van der Waals surface area contributed by atoms with E-state index in [-0.39, 0.29) is 22.1 Å². The summed E-state index contributed by atoms with van der Waals surface area (Å²) < 4.78 is 40.8. The van der Waals surface area contributed by atoms with Crippen LogP contribution in [0.3, 0.4) is 0 Å². The van der Waals surface area contributed by atoms with E-state index in [1.165, 1.54) is 43.3 Å². The maximum absolute atomic E-state index is 13.4. The van der Waals surface area contributed by atoms with Crippen LogP contribution in [-0.2, 0) is 10.0 Å². The van der Waals surface area contributed by atoms with Gasteiger partial charge in [0.2, 0.25) is 0 Å². The van der Waals surface area contributed by atoms with Crippen LogP contribution in [0.25, 0.3) is 0 Å². The molecule has 0 saturated heterocycles. The average Bonchev–Trinajstić information content (AvgIpc) is 2.70. The highest BCUT2D eigenvalue weighted by molar-refractivity contribution is 7.92. The first-order chi connectivity index (χ1) is 14.2. The summed E-state index contributed by atoms with van der Waals surface area (Å²) in [7, 11) is -0.138. The largest absolute Gasteiger partial charge is 0.363 e. The van der Waals surface area contributed by atoms with Crippen LogP contribution in [0.1, 0.15) is 15.9 Å². The highest BCUT2D eigenvalue weighted by atomic mass is 32.2. The number of aryl methyl sites for hydroxylation is 1. The van der Waals surface area contributed by atoms with Gasteiger partial charge in [0.15, 0.2) is 0 Å². The van der Waals surface area contributed by atoms with Gasteiger partial charge < -0.3 is 10.2 Å². The fourth-order valence-corrected chi connectivity index (χ4v) is 3.76. The minimum atomic E-state index is -3.87. The molecule has 2 aromatic carbocycles. The van der Waals surface area contributed by atoms with E-state index in [9.17, 15) is 17.6 Å². The zero-order chi connectivity index (χ0) is 21.9. The van der Waals surface area contributed by atoms with Crippen molar-refractivity contribution < 1.29 is 17.6 Å². The summed E-state index contributed by atoms with van der Waals surface area (Å²) >= 11 is 0. The second-order valence-corrected chi connectivity index (χ2v) is 8.53. The van der Waals surface area contributed by atoms with Gasteiger partial charge >= 0.3 is 0 Å². The number of carbonyl (C=O) groups excluding carboxylic acids is 1. The van der Waals surface area contributed by atoms with Gasteiger partial charge in [0, 0.05) is 25.3 Å². The van der Waals surface area contributed by atoms with Gasteiger partial charge in [-0.3, -0.25) is 9.52 Å². The third kappa shape index (κ3) is 4.93. The number of aromatic nitrogens is 1. The number of amides is 1. The lowest BCUT2D eigenvalue weighted by Crippen LogP contribution is -2.15. The number of hydrogen-bond acceptors (Lipinski definition) is 5. The molecule has 2 N–H and O–H groups in total. The van der Waals surface area contributed by atoms with Gasteiger partial charge in [0.1, 0.15) is 11.6 Å². The fraction of sp³-hybridized carbons (Fsp3) is 0.143. The third-order valence-corrected chi connectivity index (χ3v) is 5.68. The molecule has 30 heavy (non-hydrogen) atoms. The fourth-order valence-electron chi connectivity index (χ4n) is 2.62. The first kappa shape index (κ1) is 21.3. The zero-order valence-corrected chi connectivity index (χ0v) is 17.5. The molecule has 0 unspecified atom stereocenters. The summed E-state index contributed by atoms with van der Waals surface area (Å²) in [6.07, 6.45) is 1.56. The van der Waals surface area contributed by atoms with Crippen molar-refractivity contribution in [2.24, 2.45) is 0 Å². The number of nitrogens with one attached hydrogen (secondary N) is 2. The Bertz CT molecular complexity index is 1160. The molecule has 0 aliphatic carbocycles. The van der Waals surface area contributed by atoms with Gasteiger partial charge in [0.05, 0.1) is 16.8 Å². The van der Waals surface area contributed by atoms with E-state index < -0.39 is 15.8 Å². The molecule has 0 aliphatic rings. The van der Waals surface area contributed by atoms with E-state index in [2.05, 4.69) is 15.0 Å². The molecule has 0 aliphatic heterocycles. The molecule has 156 valence electrons. The quantitative estimate of drug-likeness (QED) is 0.625. The van der Waals surface area contributed by atoms with Gasteiger partial charge in [-0.2, -0.15) is 0 Å². The predicted octanol–water partition coefficient (Wildman–Crippen LogP) is 3.65. The van der Waals surface area contributed by atoms with Crippen molar-refractivity contribution in [1.29, 1.82) is 0 Å². The predicted molar refractivity (Wildman–Crippen MR) is 115 cm³/mol. The van der Waals surface area contributed by atoms with Crippen molar-refractivity contribution in [3.05, 3.63) is 77.7 Å². The summed E-state index contributed by atoms with van der Waals surface area (Å²) in [5, 5.41) is 2.74. The molecule has 0 bridgehead atoms. The summed E-state index contributed by atoms with van der Waals surface area (Å²) in [5.74, 6) is -0.0603. The molecule has 3 aromatic rings. The van der Waals surface area contributed by atoms with Crippen LogP contribution >= 0.6 is 0 Å². The second-order valence-electron chi connectivity index (χ2n) is 6.85. The summed E-state index contributed by atoms with van der Waals surface area (Å²) in [5.41, 5.74) is 1.41. The smallest absolute Gasteiger partial charge is 0.261 e. The van der Waals surface area contributed by atoms with Crippen molar-refractivity contribution in [1.82, 2.24) is 4.98 Å². The maximum Gasteiger partial charge on any atom is 0.261 e. The standard InChI is InChI=1S/C21H21FN4O3S/c1-14-12-18(9-10-19(14)22)30(28,29)25-16-6-4-15(5-7-16)21(27)24-17-8-11-20(23-13-17)26(2)3/h4-13,25H,1-3H3,(H,24,27). The van der Waals surface area contributed by atoms with Crippen LogP contribution in [-0.4, -0.2) is 33.4 Å². The molecule has 7 nitrogen and oxygen atoms in total. The Labute approximate surface area is 174 Å². The molecule has 0 radical (unpaired) electrons. The van der Waals surface area contributed by atoms with E-state index in [0.29, 0.717) is 11.3 Å². The van der Waals surface area contributed by atoms with Gasteiger partial charge in [-0.15, -0.1) is 0 Å². The number of pyridine rings is 1. The number of halogens is 1. The number of nitrogens with zero attached hydrogens (tertiary/aromatic N) is 2. The van der Waals surface area contributed by atoms with E-state index in [1.807, 2.05) is 19.0 Å². The van der Waals surface area contributed by atoms with Crippen LogP contribution in [0, 0.1) is 12.7 Å². The Hall–Kier alpha value is -3.46. The lowest BCUT2D eigenvalue weighted by Gasteiger charge is -2.12. The molecule has 0 atom stereocenters. The number of sulfonamides is 1. The van der Waals surface area contributed by atoms with Crippen molar-refractivity contribution in [2.75, 3.05) is 29.0 Å². The molecular weight excluding hydrogens is 407 g/mol. The normalized spacial score (nSPS) is 11.1. The highest BCUT2D eigenvalue weighted by Gasteiger charge is 2.16. The number of carbonyl (C=O) groups is 1. The summed E-state index contributed by atoms with van der Waals surface area (Å²) in [4.78, 5) is 18.4. The van der Waals surface area contributed by atoms with E-state index in [4.69, 9.17) is 0 Å². The molecule has 0 saturated carbocycles. The monoisotopic (exact) mass is 428 g/mol. The second kappa shape index (κ2) is 8.50. The molecule has 1 amide bonds. The Kier molecular flexibility index (Phi) is 6.02. The lowest BCUT2D eigenvalue weighted by atomic mass is 10.2. The minimum absolute atomic E-state index is 0.0445. The molecule has 3 rings (SSSR count). The number of benzene rings is 2. The van der Waals surface area contributed by atoms with Crippen LogP contribution in [0.15, 0.2) is 65.7 Å². The maximum atomic E-state index is 13.4. The molecule has 1 aromatic heterocycles. The SMILES string of the molecule is Cc1cc(S(=O)(=O)Nc2ccc(C(=O)Nc3ccc(N(C)C)nc3)cc2)ccc1F. The molecule has 9 heteroatoms. The number of rotatable bonds is 6. The topological polar surface area (TPSA) is 91.4 Å². The van der Waals surface area contributed by atoms with Crippen molar-refractivity contribution in [3.63, 3.8) is 0 Å². The van der Waals surface area contributed by atoms with Crippen molar-refractivity contribution >= 4 is 33.1 Å². The van der Waals surface area contributed by atoms with Gasteiger partial charge in [-0.25, -0.2) is 17.8 Å². The Morgan fingerprint density at radius 3 is 2.23 bits per heavy atom. The number of anilines is 3. The average molecular weight is 428 g/mol. The summed E-state index contributed by atoms with van der Waals surface area (Å²) in [6.45, 7) is 1.49. The molecule has 0 fully saturated rings.